The van der Waals surface area contributed by atoms with Gasteiger partial charge in [0.05, 0.1) is 26.9 Å². The molecule has 7 heteroatoms. The molecular weight excluding hydrogens is 364 g/mol. The van der Waals surface area contributed by atoms with Crippen LogP contribution in [0.25, 0.3) is 0 Å². The first kappa shape index (κ1) is 26.1. The lowest BCUT2D eigenvalue weighted by atomic mass is 9.87. The molecule has 0 aliphatic heterocycles. The maximum Gasteiger partial charge on any atom is 0.342 e. The second kappa shape index (κ2) is 15.1. The first-order valence-electron chi connectivity index (χ1n) is 10.1. The number of rotatable bonds is 15. The van der Waals surface area contributed by atoms with Crippen molar-refractivity contribution in [3.8, 4) is 0 Å². The predicted molar refractivity (Wildman–Crippen MR) is 106 cm³/mol. The van der Waals surface area contributed by atoms with E-state index in [0.717, 1.165) is 46.7 Å². The highest BCUT2D eigenvalue weighted by Crippen LogP contribution is 2.27. The first-order valence-corrected chi connectivity index (χ1v) is 10.1. The summed E-state index contributed by atoms with van der Waals surface area (Å²) in [5, 5.41) is 10.9. The predicted octanol–water partition coefficient (Wildman–Crippen LogP) is 3.47. The van der Waals surface area contributed by atoms with Crippen molar-refractivity contribution in [1.29, 1.82) is 0 Å². The molecule has 1 atom stereocenters. The molecule has 28 heavy (non-hydrogen) atoms. The van der Waals surface area contributed by atoms with Crippen molar-refractivity contribution < 1.29 is 33.7 Å². The quantitative estimate of drug-likeness (QED) is 0.194. The van der Waals surface area contributed by atoms with Crippen molar-refractivity contribution in [3.63, 3.8) is 0 Å². The molecule has 1 N–H and O–H groups in total. The summed E-state index contributed by atoms with van der Waals surface area (Å²) in [6.45, 7) is 2.20. The summed E-state index contributed by atoms with van der Waals surface area (Å²) in [6.07, 6.45) is 11.5. The monoisotopic (exact) mass is 400 g/mol. The van der Waals surface area contributed by atoms with Crippen LogP contribution in [0.5, 0.6) is 0 Å². The third kappa shape index (κ3) is 9.35. The van der Waals surface area contributed by atoms with Gasteiger partial charge in [0.2, 0.25) is 0 Å². The molecule has 0 fully saturated rings. The highest BCUT2D eigenvalue weighted by molar-refractivity contribution is 6.04. The van der Waals surface area contributed by atoms with Crippen LogP contribution in [0, 0.1) is 0 Å². The Morgan fingerprint density at radius 2 is 1.29 bits per heavy atom. The largest absolute Gasteiger partial charge is 0.467 e. The van der Waals surface area contributed by atoms with Gasteiger partial charge in [-0.2, -0.15) is 0 Å². The summed E-state index contributed by atoms with van der Waals surface area (Å²) < 4.78 is 13.8. The number of esters is 3. The second-order valence-corrected chi connectivity index (χ2v) is 6.86. The minimum absolute atomic E-state index is 0.0475. The molecule has 0 amide bonds. The molecular formula is C21H36O7. The average molecular weight is 401 g/mol. The van der Waals surface area contributed by atoms with E-state index in [0.29, 0.717) is 6.42 Å². The van der Waals surface area contributed by atoms with E-state index in [1.807, 2.05) is 0 Å². The fourth-order valence-electron chi connectivity index (χ4n) is 3.02. The van der Waals surface area contributed by atoms with Crippen LogP contribution < -0.4 is 0 Å². The molecule has 0 spiro atoms. The fourth-order valence-corrected chi connectivity index (χ4v) is 3.02. The SMILES string of the molecule is CCCCCCCCCCCCC(O)(C(=O)OC)/C(=C/C(=O)OC)C(=O)OC. The second-order valence-electron chi connectivity index (χ2n) is 6.86. The Bertz CT molecular complexity index is 513. The fraction of sp³-hybridized carbons (Fsp3) is 0.762. The Balaban J connectivity index is 4.75. The molecule has 0 aliphatic carbocycles. The summed E-state index contributed by atoms with van der Waals surface area (Å²) in [6, 6.07) is 0. The van der Waals surface area contributed by atoms with Crippen LogP contribution in [0.1, 0.15) is 77.6 Å². The van der Waals surface area contributed by atoms with Crippen LogP contribution >= 0.6 is 0 Å². The molecule has 0 rings (SSSR count). The maximum absolute atomic E-state index is 12.2. The average Bonchev–Trinajstić information content (AvgIpc) is 2.71. The summed E-state index contributed by atoms with van der Waals surface area (Å²) in [4.78, 5) is 35.8. The van der Waals surface area contributed by atoms with E-state index in [-0.39, 0.29) is 6.42 Å². The number of carbonyl (C=O) groups is 3. The standard InChI is InChI=1S/C21H36O7/c1-5-6-7-8-9-10-11-12-13-14-15-21(25,20(24)28-4)17(19(23)27-3)16-18(22)26-2/h16,25H,5-15H2,1-4H3/b17-16+. The van der Waals surface area contributed by atoms with Crippen LogP contribution in [0.2, 0.25) is 0 Å². The van der Waals surface area contributed by atoms with Gasteiger partial charge in [0.1, 0.15) is 0 Å². The highest BCUT2D eigenvalue weighted by atomic mass is 16.5. The van der Waals surface area contributed by atoms with E-state index in [2.05, 4.69) is 21.1 Å². The minimum Gasteiger partial charge on any atom is -0.467 e. The number of hydrogen-bond donors (Lipinski definition) is 1. The number of carbonyl (C=O) groups excluding carboxylic acids is 3. The van der Waals surface area contributed by atoms with Crippen molar-refractivity contribution in [1.82, 2.24) is 0 Å². The van der Waals surface area contributed by atoms with Gasteiger partial charge in [-0.25, -0.2) is 14.4 Å². The molecule has 1 unspecified atom stereocenters. The minimum atomic E-state index is -2.25. The number of hydrogen-bond acceptors (Lipinski definition) is 7. The molecule has 0 saturated heterocycles. The van der Waals surface area contributed by atoms with Crippen LogP contribution in [0.3, 0.4) is 0 Å². The van der Waals surface area contributed by atoms with Crippen molar-refractivity contribution in [3.05, 3.63) is 11.6 Å². The molecule has 0 bridgehead atoms. The zero-order chi connectivity index (χ0) is 21.4. The van der Waals surface area contributed by atoms with Gasteiger partial charge in [-0.3, -0.25) is 0 Å². The van der Waals surface area contributed by atoms with E-state index in [1.165, 1.54) is 38.5 Å². The Labute approximate surface area is 168 Å². The van der Waals surface area contributed by atoms with Crippen LogP contribution in [-0.4, -0.2) is 49.9 Å². The van der Waals surface area contributed by atoms with Crippen molar-refractivity contribution >= 4 is 17.9 Å². The Hall–Kier alpha value is -1.89. The summed E-state index contributed by atoms with van der Waals surface area (Å²) >= 11 is 0. The zero-order valence-electron chi connectivity index (χ0n) is 17.8. The van der Waals surface area contributed by atoms with Gasteiger partial charge in [0, 0.05) is 6.08 Å². The summed E-state index contributed by atoms with van der Waals surface area (Å²) in [7, 11) is 3.34. The third-order valence-electron chi connectivity index (χ3n) is 4.73. The molecule has 0 radical (unpaired) electrons. The van der Waals surface area contributed by atoms with Gasteiger partial charge >= 0.3 is 17.9 Å². The van der Waals surface area contributed by atoms with Gasteiger partial charge in [-0.1, -0.05) is 64.7 Å². The lowest BCUT2D eigenvalue weighted by Gasteiger charge is -2.26. The zero-order valence-corrected chi connectivity index (χ0v) is 17.8. The lowest BCUT2D eigenvalue weighted by Crippen LogP contribution is -2.45. The van der Waals surface area contributed by atoms with Crippen LogP contribution in [0.15, 0.2) is 11.6 Å². The van der Waals surface area contributed by atoms with Gasteiger partial charge in [-0.15, -0.1) is 0 Å². The Morgan fingerprint density at radius 1 is 0.786 bits per heavy atom. The van der Waals surface area contributed by atoms with E-state index in [4.69, 9.17) is 0 Å². The Kier molecular flexibility index (Phi) is 14.1. The highest BCUT2D eigenvalue weighted by Gasteiger charge is 2.45. The molecule has 0 saturated carbocycles. The van der Waals surface area contributed by atoms with Gasteiger partial charge in [0.25, 0.3) is 0 Å². The molecule has 0 aromatic heterocycles. The third-order valence-corrected chi connectivity index (χ3v) is 4.73. The molecule has 0 aromatic carbocycles. The number of unbranched alkanes of at least 4 members (excludes halogenated alkanes) is 9. The summed E-state index contributed by atoms with van der Waals surface area (Å²) in [5.41, 5.74) is -2.74. The molecule has 0 heterocycles. The molecule has 7 nitrogen and oxygen atoms in total. The maximum atomic E-state index is 12.2. The van der Waals surface area contributed by atoms with Crippen LogP contribution in [-0.2, 0) is 28.6 Å². The van der Waals surface area contributed by atoms with Crippen molar-refractivity contribution in [2.24, 2.45) is 0 Å². The lowest BCUT2D eigenvalue weighted by molar-refractivity contribution is -0.162. The molecule has 0 aliphatic rings. The Morgan fingerprint density at radius 3 is 1.71 bits per heavy atom. The van der Waals surface area contributed by atoms with Gasteiger partial charge in [0.15, 0.2) is 5.60 Å². The van der Waals surface area contributed by atoms with E-state index < -0.39 is 29.1 Å². The van der Waals surface area contributed by atoms with E-state index in [9.17, 15) is 19.5 Å². The number of ether oxygens (including phenoxy) is 3. The normalized spacial score (nSPS) is 13.5. The van der Waals surface area contributed by atoms with Gasteiger partial charge in [-0.05, 0) is 12.8 Å². The molecule has 0 aromatic rings. The van der Waals surface area contributed by atoms with Crippen LogP contribution in [0.4, 0.5) is 0 Å². The van der Waals surface area contributed by atoms with Crippen molar-refractivity contribution in [2.75, 3.05) is 21.3 Å². The smallest absolute Gasteiger partial charge is 0.342 e. The molecule has 162 valence electrons. The number of aliphatic hydroxyl groups is 1. The van der Waals surface area contributed by atoms with Crippen molar-refractivity contribution in [2.45, 2.75) is 83.2 Å². The van der Waals surface area contributed by atoms with E-state index >= 15 is 0 Å². The summed E-state index contributed by atoms with van der Waals surface area (Å²) in [5.74, 6) is -2.86. The topological polar surface area (TPSA) is 99.1 Å². The number of methoxy groups -OCH3 is 3. The van der Waals surface area contributed by atoms with Gasteiger partial charge < -0.3 is 19.3 Å². The van der Waals surface area contributed by atoms with E-state index in [1.54, 1.807) is 0 Å². The first-order chi connectivity index (χ1) is 13.4.